The summed E-state index contributed by atoms with van der Waals surface area (Å²) >= 11 is 0. The smallest absolute Gasteiger partial charge is 0.0538 e. The molecule has 61 heavy (non-hydrogen) atoms. The Balaban J connectivity index is 1.35. The van der Waals surface area contributed by atoms with E-state index >= 15 is 0 Å². The minimum atomic E-state index is 0.760. The first-order valence-electron chi connectivity index (χ1n) is 21.0. The molecule has 9 rings (SSSR count). The minimum absolute atomic E-state index is 0.760. The maximum absolute atomic E-state index is 6.53. The first kappa shape index (κ1) is 38.9. The van der Waals surface area contributed by atoms with Gasteiger partial charge < -0.3 is 15.6 Å². The van der Waals surface area contributed by atoms with E-state index in [1.807, 2.05) is 32.1 Å². The number of anilines is 2. The Morgan fingerprint density at radius 3 is 1.85 bits per heavy atom. The van der Waals surface area contributed by atoms with Crippen molar-refractivity contribution >= 4 is 55.5 Å². The van der Waals surface area contributed by atoms with Crippen molar-refractivity contribution in [3.05, 3.63) is 223 Å². The highest BCUT2D eigenvalue weighted by molar-refractivity contribution is 6.21. The van der Waals surface area contributed by atoms with Crippen LogP contribution < -0.4 is 11.1 Å². The number of benzene rings is 8. The molecule has 3 N–H and O–H groups in total. The van der Waals surface area contributed by atoms with Gasteiger partial charge in [-0.15, -0.1) is 0 Å². The fourth-order valence-corrected chi connectivity index (χ4v) is 8.92. The molecule has 0 aliphatic rings. The average Bonchev–Trinajstić information content (AvgIpc) is 3.57. The van der Waals surface area contributed by atoms with Crippen LogP contribution in [0.15, 0.2) is 200 Å². The summed E-state index contributed by atoms with van der Waals surface area (Å²) in [5.74, 6) is 0. The molecular weight excluding hydrogens is 739 g/mol. The maximum Gasteiger partial charge on any atom is 0.0538 e. The highest BCUT2D eigenvalue weighted by Crippen LogP contribution is 2.45. The Hall–Kier alpha value is -7.62. The van der Waals surface area contributed by atoms with Gasteiger partial charge in [0.25, 0.3) is 0 Å². The molecule has 0 unspecified atom stereocenters. The van der Waals surface area contributed by atoms with Crippen molar-refractivity contribution in [1.29, 1.82) is 0 Å². The maximum atomic E-state index is 6.53. The lowest BCUT2D eigenvalue weighted by atomic mass is 9.86. The molecular formula is C58H49N3. The highest BCUT2D eigenvalue weighted by atomic mass is 15.0. The lowest BCUT2D eigenvalue weighted by Crippen LogP contribution is -2.03. The second-order valence-electron chi connectivity index (χ2n) is 15.8. The number of aromatic nitrogens is 1. The van der Waals surface area contributed by atoms with Crippen LogP contribution >= 0.6 is 0 Å². The molecule has 1 heterocycles. The number of nitrogens with zero attached hydrogens (tertiary/aromatic N) is 1. The summed E-state index contributed by atoms with van der Waals surface area (Å²) in [5, 5.41) is 9.93. The van der Waals surface area contributed by atoms with Crippen LogP contribution in [0.1, 0.15) is 36.2 Å². The molecule has 9 aromatic rings. The monoisotopic (exact) mass is 787 g/mol. The number of hydrogen-bond donors (Lipinski definition) is 2. The first-order valence-corrected chi connectivity index (χ1v) is 21.0. The Morgan fingerprint density at radius 2 is 1.21 bits per heavy atom. The zero-order valence-electron chi connectivity index (χ0n) is 35.2. The molecule has 0 atom stereocenters. The van der Waals surface area contributed by atoms with Gasteiger partial charge in [0.15, 0.2) is 0 Å². The average molecular weight is 788 g/mol. The van der Waals surface area contributed by atoms with Crippen LogP contribution in [0.3, 0.4) is 0 Å². The van der Waals surface area contributed by atoms with Gasteiger partial charge in [0, 0.05) is 45.0 Å². The predicted molar refractivity (Wildman–Crippen MR) is 265 cm³/mol. The van der Waals surface area contributed by atoms with Gasteiger partial charge in [-0.25, -0.2) is 0 Å². The molecule has 0 spiro atoms. The number of aryl methyl sites for hydroxylation is 2. The molecule has 296 valence electrons. The largest absolute Gasteiger partial charge is 0.402 e. The summed E-state index contributed by atoms with van der Waals surface area (Å²) in [6.07, 6.45) is 10.2. The van der Waals surface area contributed by atoms with E-state index in [-0.39, 0.29) is 0 Å². The predicted octanol–water partition coefficient (Wildman–Crippen LogP) is 15.8. The summed E-state index contributed by atoms with van der Waals surface area (Å²) in [7, 11) is 0. The second-order valence-corrected chi connectivity index (χ2v) is 15.8. The van der Waals surface area contributed by atoms with Gasteiger partial charge in [0.05, 0.1) is 5.52 Å². The highest BCUT2D eigenvalue weighted by Gasteiger charge is 2.21. The van der Waals surface area contributed by atoms with Crippen LogP contribution in [0.25, 0.3) is 83.2 Å². The van der Waals surface area contributed by atoms with Crippen LogP contribution in [-0.2, 0) is 0 Å². The van der Waals surface area contributed by atoms with Crippen molar-refractivity contribution in [3.8, 4) is 39.1 Å². The molecule has 3 heteroatoms. The van der Waals surface area contributed by atoms with Crippen molar-refractivity contribution < 1.29 is 0 Å². The zero-order valence-corrected chi connectivity index (χ0v) is 35.2. The Labute approximate surface area is 359 Å². The van der Waals surface area contributed by atoms with E-state index in [0.717, 1.165) is 50.7 Å². The van der Waals surface area contributed by atoms with Gasteiger partial charge in [0.2, 0.25) is 0 Å². The molecule has 0 bridgehead atoms. The van der Waals surface area contributed by atoms with Gasteiger partial charge in [-0.3, -0.25) is 0 Å². The van der Waals surface area contributed by atoms with E-state index in [1.54, 1.807) is 0 Å². The van der Waals surface area contributed by atoms with E-state index < -0.39 is 0 Å². The number of nitrogens with two attached hydrogens (primary N) is 1. The number of nitrogens with one attached hydrogen (secondary N) is 1. The Morgan fingerprint density at radius 1 is 0.607 bits per heavy atom. The lowest BCUT2D eigenvalue weighted by molar-refractivity contribution is 1.10. The molecule has 3 nitrogen and oxygen atoms in total. The molecule has 0 saturated carbocycles. The van der Waals surface area contributed by atoms with Gasteiger partial charge in [-0.1, -0.05) is 164 Å². The van der Waals surface area contributed by atoms with E-state index in [0.29, 0.717) is 0 Å². The minimum Gasteiger partial charge on any atom is -0.402 e. The van der Waals surface area contributed by atoms with E-state index in [4.69, 9.17) is 5.73 Å². The van der Waals surface area contributed by atoms with Crippen LogP contribution in [0, 0.1) is 13.8 Å². The number of fused-ring (bicyclic) bond motifs is 3. The third-order valence-electron chi connectivity index (χ3n) is 11.8. The number of hydrogen-bond acceptors (Lipinski definition) is 2. The summed E-state index contributed by atoms with van der Waals surface area (Å²) in [6.45, 7) is 12.4. The van der Waals surface area contributed by atoms with E-state index in [1.165, 1.54) is 65.9 Å². The molecule has 0 aliphatic heterocycles. The first-order chi connectivity index (χ1) is 29.8. The van der Waals surface area contributed by atoms with Crippen LogP contribution in [0.5, 0.6) is 0 Å². The summed E-state index contributed by atoms with van der Waals surface area (Å²) < 4.78 is 2.40. The van der Waals surface area contributed by atoms with Crippen LogP contribution in [-0.4, -0.2) is 4.57 Å². The van der Waals surface area contributed by atoms with Crippen LogP contribution in [0.2, 0.25) is 0 Å². The molecule has 8 aromatic carbocycles. The fraction of sp³-hybridized carbons (Fsp3) is 0.0690. The molecule has 0 aliphatic carbocycles. The Bertz CT molecular complexity index is 3150. The van der Waals surface area contributed by atoms with Gasteiger partial charge in [-0.05, 0) is 131 Å². The molecule has 0 saturated heterocycles. The van der Waals surface area contributed by atoms with Crippen molar-refractivity contribution in [1.82, 2.24) is 4.57 Å². The summed E-state index contributed by atoms with van der Waals surface area (Å²) in [4.78, 5) is 0. The normalized spacial score (nSPS) is 12.2. The molecule has 0 amide bonds. The number of para-hydroxylation sites is 1. The van der Waals surface area contributed by atoms with Gasteiger partial charge >= 0.3 is 0 Å². The van der Waals surface area contributed by atoms with Crippen molar-refractivity contribution in [2.75, 3.05) is 5.32 Å². The number of rotatable bonds is 10. The third-order valence-corrected chi connectivity index (χ3v) is 11.8. The summed E-state index contributed by atoms with van der Waals surface area (Å²) in [5.41, 5.74) is 24.1. The zero-order chi connectivity index (χ0) is 42.0. The summed E-state index contributed by atoms with van der Waals surface area (Å²) in [6, 6.07) is 59.5. The van der Waals surface area contributed by atoms with E-state index in [2.05, 4.69) is 206 Å². The van der Waals surface area contributed by atoms with Crippen molar-refractivity contribution in [2.45, 2.75) is 27.7 Å². The van der Waals surface area contributed by atoms with Gasteiger partial charge in [0.1, 0.15) is 0 Å². The quantitative estimate of drug-likeness (QED) is 0.107. The molecule has 0 fully saturated rings. The Kier molecular flexibility index (Phi) is 10.6. The van der Waals surface area contributed by atoms with E-state index in [9.17, 15) is 0 Å². The lowest BCUT2D eigenvalue weighted by Gasteiger charge is -2.21. The number of allylic oxidation sites excluding steroid dienone is 6. The topological polar surface area (TPSA) is 43.0 Å². The van der Waals surface area contributed by atoms with Crippen molar-refractivity contribution in [3.63, 3.8) is 0 Å². The third kappa shape index (κ3) is 7.25. The SMILES string of the molecule is C=C/C=C\c1c(C)c2cc(-c3ccc(C)cc3)ccc2n1-c1cc(Nc2ccccc2C(/C=C\C)=C(\C)N)cc(-c2c3ccccc3c(-c3ccccc3)c3ccccc23)c1. The molecule has 1 aromatic heterocycles. The van der Waals surface area contributed by atoms with Crippen molar-refractivity contribution in [2.24, 2.45) is 5.73 Å². The molecule has 0 radical (unpaired) electrons. The van der Waals surface area contributed by atoms with Crippen LogP contribution in [0.4, 0.5) is 11.4 Å². The standard InChI is InChI=1S/C58H49N3/c1-6-8-27-55-39(4)53-36-43(41-30-28-38(3)29-31-41)32-33-56(53)61(55)46-35-44(34-45(37-46)60-54-26-17-16-21-48(54)47(18-7-2)40(5)59)58-51-24-14-12-22-49(51)57(42-19-10-9-11-20-42)50-23-13-15-25-52(50)58/h6-37,60H,1,59H2,2-5H3/b18-7-,27-8-,47-40+. The fourth-order valence-electron chi connectivity index (χ4n) is 8.92. The second kappa shape index (κ2) is 16.6. The van der Waals surface area contributed by atoms with Gasteiger partial charge in [-0.2, -0.15) is 0 Å².